The zero-order chi connectivity index (χ0) is 18.8. The molecule has 10 heteroatoms. The monoisotopic (exact) mass is 353 g/mol. The van der Waals surface area contributed by atoms with Gasteiger partial charge in [-0.15, -0.1) is 4.91 Å². The summed E-state index contributed by atoms with van der Waals surface area (Å²) in [6.45, 7) is 5.14. The molecule has 25 heavy (non-hydrogen) atoms. The third-order valence-electron chi connectivity index (χ3n) is 3.89. The number of carbonyl (C=O) groups excluding carboxylic acids is 1. The van der Waals surface area contributed by atoms with E-state index in [1.165, 1.54) is 12.1 Å². The first-order valence-corrected chi connectivity index (χ1v) is 8.09. The van der Waals surface area contributed by atoms with Gasteiger partial charge >= 0.3 is 11.8 Å². The Morgan fingerprint density at radius 2 is 1.92 bits per heavy atom. The maximum absolute atomic E-state index is 12.2. The number of aromatic nitrogens is 2. The summed E-state index contributed by atoms with van der Waals surface area (Å²) in [5.74, 6) is -0.124. The minimum atomic E-state index is -0.831. The highest BCUT2D eigenvalue weighted by Gasteiger charge is 2.30. The van der Waals surface area contributed by atoms with E-state index >= 15 is 0 Å². The molecule has 1 heterocycles. The molecule has 10 nitrogen and oxygen atoms in total. The van der Waals surface area contributed by atoms with E-state index in [2.05, 4.69) is 15.6 Å². The molecule has 2 N–H and O–H groups in total. The van der Waals surface area contributed by atoms with E-state index in [1.807, 2.05) is 0 Å². The van der Waals surface area contributed by atoms with Crippen molar-refractivity contribution in [2.24, 2.45) is 12.2 Å². The molecule has 138 valence electrons. The second-order valence-electron chi connectivity index (χ2n) is 7.00. The Bertz CT molecular complexity index is 770. The predicted molar refractivity (Wildman–Crippen MR) is 91.9 cm³/mol. The van der Waals surface area contributed by atoms with Crippen LogP contribution in [0, 0.1) is 4.91 Å². The molecule has 0 radical (unpaired) electrons. The number of amides is 1. The number of nitrogens with one attached hydrogen (secondary N) is 2. The Balaban J connectivity index is 2.46. The van der Waals surface area contributed by atoms with Gasteiger partial charge in [-0.2, -0.15) is 0 Å². The SMILES string of the molecule is Cn1c(=O)[nH]c(N(NC(=O)OC(C)(C)C)C2CCCC2)c(N=O)c1=O. The van der Waals surface area contributed by atoms with Crippen LogP contribution in [-0.2, 0) is 11.8 Å². The highest BCUT2D eigenvalue weighted by atomic mass is 16.6. The Morgan fingerprint density at radius 3 is 2.44 bits per heavy atom. The van der Waals surface area contributed by atoms with Gasteiger partial charge in [-0.3, -0.25) is 19.4 Å². The number of anilines is 1. The normalized spacial score (nSPS) is 15.0. The first-order chi connectivity index (χ1) is 11.6. The quantitative estimate of drug-likeness (QED) is 0.626. The van der Waals surface area contributed by atoms with Gasteiger partial charge in [0, 0.05) is 7.05 Å². The molecule has 1 fully saturated rings. The average molecular weight is 353 g/mol. The van der Waals surface area contributed by atoms with Crippen LogP contribution >= 0.6 is 0 Å². The number of nitrogens with zero attached hydrogens (tertiary/aromatic N) is 3. The second-order valence-corrected chi connectivity index (χ2v) is 7.00. The smallest absolute Gasteiger partial charge is 0.426 e. The number of carbonyl (C=O) groups is 1. The molecule has 0 aliphatic heterocycles. The van der Waals surface area contributed by atoms with E-state index in [0.29, 0.717) is 0 Å². The number of H-pyrrole nitrogens is 1. The molecule has 0 spiro atoms. The molecular weight excluding hydrogens is 330 g/mol. The number of rotatable bonds is 4. The maximum Gasteiger partial charge on any atom is 0.426 e. The van der Waals surface area contributed by atoms with E-state index in [4.69, 9.17) is 4.74 Å². The number of ether oxygens (including phenoxy) is 1. The molecule has 1 aliphatic carbocycles. The molecule has 0 aromatic carbocycles. The summed E-state index contributed by atoms with van der Waals surface area (Å²) in [6.07, 6.45) is 2.56. The van der Waals surface area contributed by atoms with E-state index in [-0.39, 0.29) is 11.9 Å². The molecule has 0 bridgehead atoms. The number of hydrogen-bond acceptors (Lipinski definition) is 7. The molecule has 1 aromatic rings. The summed E-state index contributed by atoms with van der Waals surface area (Å²) in [7, 11) is 1.24. The fourth-order valence-electron chi connectivity index (χ4n) is 2.74. The van der Waals surface area contributed by atoms with E-state index in [9.17, 15) is 19.3 Å². The molecule has 0 saturated heterocycles. The van der Waals surface area contributed by atoms with Gasteiger partial charge < -0.3 is 4.74 Å². The van der Waals surface area contributed by atoms with Crippen LogP contribution in [0.25, 0.3) is 0 Å². The van der Waals surface area contributed by atoms with E-state index in [1.54, 1.807) is 20.8 Å². The van der Waals surface area contributed by atoms with Crippen molar-refractivity contribution in [3.05, 3.63) is 25.7 Å². The van der Waals surface area contributed by atoms with Gasteiger partial charge in [0.25, 0.3) is 5.56 Å². The molecule has 1 aliphatic rings. The Hall–Kier alpha value is -2.65. The first kappa shape index (κ1) is 18.7. The summed E-state index contributed by atoms with van der Waals surface area (Å²) in [4.78, 5) is 49.9. The van der Waals surface area contributed by atoms with Gasteiger partial charge in [-0.1, -0.05) is 12.8 Å². The van der Waals surface area contributed by atoms with Crippen LogP contribution in [0.1, 0.15) is 46.5 Å². The van der Waals surface area contributed by atoms with Crippen molar-refractivity contribution in [1.82, 2.24) is 15.0 Å². The van der Waals surface area contributed by atoms with Crippen molar-refractivity contribution in [3.63, 3.8) is 0 Å². The fraction of sp³-hybridized carbons (Fsp3) is 0.667. The van der Waals surface area contributed by atoms with Gasteiger partial charge in [-0.25, -0.2) is 15.0 Å². The van der Waals surface area contributed by atoms with Crippen molar-refractivity contribution in [2.45, 2.75) is 58.1 Å². The lowest BCUT2D eigenvalue weighted by molar-refractivity contribution is 0.0514. The van der Waals surface area contributed by atoms with E-state index < -0.39 is 28.6 Å². The lowest BCUT2D eigenvalue weighted by atomic mass is 10.2. The van der Waals surface area contributed by atoms with E-state index in [0.717, 1.165) is 30.3 Å². The Kier molecular flexibility index (Phi) is 5.29. The zero-order valence-corrected chi connectivity index (χ0v) is 14.8. The largest absolute Gasteiger partial charge is 0.443 e. The zero-order valence-electron chi connectivity index (χ0n) is 14.8. The predicted octanol–water partition coefficient (Wildman–Crippen LogP) is 1.66. The average Bonchev–Trinajstić information content (AvgIpc) is 3.02. The van der Waals surface area contributed by atoms with Crippen LogP contribution in [0.15, 0.2) is 14.8 Å². The topological polar surface area (TPSA) is 126 Å². The van der Waals surface area contributed by atoms with Gasteiger partial charge in [-0.05, 0) is 38.8 Å². The van der Waals surface area contributed by atoms with Crippen molar-refractivity contribution in [2.75, 3.05) is 5.01 Å². The molecule has 1 amide bonds. The lowest BCUT2D eigenvalue weighted by Crippen LogP contribution is -2.51. The molecule has 0 atom stereocenters. The fourth-order valence-corrected chi connectivity index (χ4v) is 2.74. The van der Waals surface area contributed by atoms with Crippen molar-refractivity contribution in [3.8, 4) is 0 Å². The summed E-state index contributed by atoms with van der Waals surface area (Å²) in [5, 5.41) is 4.08. The van der Waals surface area contributed by atoms with Crippen LogP contribution in [0.5, 0.6) is 0 Å². The van der Waals surface area contributed by atoms with Crippen molar-refractivity contribution < 1.29 is 9.53 Å². The summed E-state index contributed by atoms with van der Waals surface area (Å²) in [6, 6.07) is -0.184. The standard InChI is InChI=1S/C15H23N5O5/c1-15(2,3)25-14(23)17-20(9-7-5-6-8-9)11-10(18-24)12(21)19(4)13(22)16-11/h9H,5-8H2,1-4H3,(H,16,22)(H,17,23). The molecule has 1 aromatic heterocycles. The molecular formula is C15H23N5O5. The summed E-state index contributed by atoms with van der Waals surface area (Å²) < 4.78 is 5.98. The number of aromatic amines is 1. The Labute approximate surface area is 144 Å². The third-order valence-corrected chi connectivity index (χ3v) is 3.89. The second kappa shape index (κ2) is 7.08. The minimum absolute atomic E-state index is 0.124. The van der Waals surface area contributed by atoms with Crippen LogP contribution in [0.2, 0.25) is 0 Å². The van der Waals surface area contributed by atoms with Gasteiger partial charge in [0.2, 0.25) is 5.69 Å². The van der Waals surface area contributed by atoms with Crippen molar-refractivity contribution >= 4 is 17.6 Å². The van der Waals surface area contributed by atoms with Gasteiger partial charge in [0.05, 0.1) is 6.04 Å². The molecule has 0 unspecified atom stereocenters. The maximum atomic E-state index is 12.2. The van der Waals surface area contributed by atoms with Gasteiger partial charge in [0.1, 0.15) is 5.60 Å². The highest BCUT2D eigenvalue weighted by Crippen LogP contribution is 2.29. The Morgan fingerprint density at radius 1 is 1.32 bits per heavy atom. The minimum Gasteiger partial charge on any atom is -0.443 e. The van der Waals surface area contributed by atoms with Crippen LogP contribution < -0.4 is 21.7 Å². The molecule has 2 rings (SSSR count). The number of hydrazine groups is 1. The van der Waals surface area contributed by atoms with Crippen molar-refractivity contribution in [1.29, 1.82) is 0 Å². The highest BCUT2D eigenvalue weighted by molar-refractivity contribution is 5.72. The van der Waals surface area contributed by atoms with Crippen LogP contribution in [0.4, 0.5) is 16.3 Å². The first-order valence-electron chi connectivity index (χ1n) is 8.09. The number of nitroso groups, excluding NO2 is 1. The van der Waals surface area contributed by atoms with Crippen LogP contribution in [0.3, 0.4) is 0 Å². The van der Waals surface area contributed by atoms with Gasteiger partial charge in [0.15, 0.2) is 5.82 Å². The number of hydrogen-bond donors (Lipinski definition) is 2. The summed E-state index contributed by atoms with van der Waals surface area (Å²) in [5.41, 5.74) is -0.195. The van der Waals surface area contributed by atoms with Crippen LogP contribution in [-0.4, -0.2) is 27.3 Å². The molecule has 1 saturated carbocycles. The third kappa shape index (κ3) is 4.25. The summed E-state index contributed by atoms with van der Waals surface area (Å²) >= 11 is 0. The lowest BCUT2D eigenvalue weighted by Gasteiger charge is -2.31.